The predicted octanol–water partition coefficient (Wildman–Crippen LogP) is 3.56. The number of carbonyl (C=O) groups excluding carboxylic acids is 1. The molecule has 0 radical (unpaired) electrons. The van der Waals surface area contributed by atoms with Crippen molar-refractivity contribution in [3.63, 3.8) is 0 Å². The number of halogens is 1. The highest BCUT2D eigenvalue weighted by molar-refractivity contribution is 9.10. The van der Waals surface area contributed by atoms with Gasteiger partial charge in [0, 0.05) is 25.1 Å². The molecule has 0 aromatic carbocycles. The van der Waals surface area contributed by atoms with E-state index in [0.29, 0.717) is 10.2 Å². The number of rotatable bonds is 4. The van der Waals surface area contributed by atoms with Gasteiger partial charge in [0.05, 0.1) is 6.54 Å². The molecule has 0 spiro atoms. The zero-order valence-corrected chi connectivity index (χ0v) is 17.8. The molecular formula is C17H22BrN3O4S. The largest absolute Gasteiger partial charge is 0.444 e. The fourth-order valence-electron chi connectivity index (χ4n) is 2.14. The van der Waals surface area contributed by atoms with Crippen molar-refractivity contribution in [3.05, 3.63) is 46.5 Å². The van der Waals surface area contributed by atoms with Crippen LogP contribution in [0.3, 0.4) is 0 Å². The minimum Gasteiger partial charge on any atom is -0.444 e. The van der Waals surface area contributed by atoms with Gasteiger partial charge in [-0.2, -0.15) is 0 Å². The van der Waals surface area contributed by atoms with Gasteiger partial charge in [-0.3, -0.25) is 4.98 Å². The Bertz CT molecular complexity index is 899. The van der Waals surface area contributed by atoms with Crippen LogP contribution in [0.1, 0.15) is 32.0 Å². The molecule has 0 aliphatic rings. The molecule has 2 aromatic heterocycles. The molecule has 0 atom stereocenters. The van der Waals surface area contributed by atoms with Gasteiger partial charge in [-0.15, -0.1) is 0 Å². The normalized spacial score (nSPS) is 12.1. The molecule has 2 rings (SSSR count). The molecule has 0 N–H and O–H groups in total. The third-order valence-corrected chi connectivity index (χ3v) is 5.87. The lowest BCUT2D eigenvalue weighted by Crippen LogP contribution is -2.33. The van der Waals surface area contributed by atoms with E-state index in [9.17, 15) is 13.2 Å². The first-order valence-corrected chi connectivity index (χ1v) is 10.1. The molecular weight excluding hydrogens is 422 g/mol. The molecule has 2 heterocycles. The second kappa shape index (κ2) is 7.40. The van der Waals surface area contributed by atoms with Gasteiger partial charge in [0.1, 0.15) is 15.1 Å². The van der Waals surface area contributed by atoms with E-state index in [2.05, 4.69) is 20.9 Å². The van der Waals surface area contributed by atoms with E-state index in [1.54, 1.807) is 46.9 Å². The third-order valence-electron chi connectivity index (χ3n) is 3.36. The van der Waals surface area contributed by atoms with Crippen LogP contribution in [0.25, 0.3) is 0 Å². The number of hydrogen-bond acceptors (Lipinski definition) is 5. The Morgan fingerprint density at radius 3 is 2.54 bits per heavy atom. The SMILES string of the molecule is Cc1ccc(S(=O)(=O)n2cc(CN(C)C(=O)OC(C)(C)C)cc2Br)cn1. The van der Waals surface area contributed by atoms with Gasteiger partial charge in [-0.05, 0) is 67.4 Å². The average Bonchev–Trinajstić information content (AvgIpc) is 2.87. The number of carbonyl (C=O) groups is 1. The van der Waals surface area contributed by atoms with Gasteiger partial charge in [0.15, 0.2) is 0 Å². The Kier molecular flexibility index (Phi) is 5.82. The molecule has 0 aliphatic heterocycles. The first kappa shape index (κ1) is 20.4. The van der Waals surface area contributed by atoms with Crippen LogP contribution in [0.5, 0.6) is 0 Å². The molecule has 1 amide bonds. The number of aryl methyl sites for hydroxylation is 1. The van der Waals surface area contributed by atoms with Crippen molar-refractivity contribution < 1.29 is 17.9 Å². The standard InChI is InChI=1S/C17H22BrN3O4S/c1-12-6-7-14(9-19-12)26(23,24)21-11-13(8-15(21)18)10-20(5)16(22)25-17(2,3)4/h6-9,11H,10H2,1-5H3. The maximum absolute atomic E-state index is 12.8. The number of aromatic nitrogens is 2. The van der Waals surface area contributed by atoms with E-state index in [4.69, 9.17) is 4.74 Å². The number of nitrogens with zero attached hydrogens (tertiary/aromatic N) is 3. The van der Waals surface area contributed by atoms with Gasteiger partial charge >= 0.3 is 6.09 Å². The third kappa shape index (κ3) is 4.85. The number of ether oxygens (including phenoxy) is 1. The lowest BCUT2D eigenvalue weighted by Gasteiger charge is -2.24. The summed E-state index contributed by atoms with van der Waals surface area (Å²) >= 11 is 3.27. The van der Waals surface area contributed by atoms with Crippen molar-refractivity contribution in [2.45, 2.75) is 44.7 Å². The quantitative estimate of drug-likeness (QED) is 0.721. The zero-order chi connectivity index (χ0) is 19.7. The molecule has 2 aromatic rings. The lowest BCUT2D eigenvalue weighted by atomic mass is 10.2. The Balaban J connectivity index is 2.23. The maximum Gasteiger partial charge on any atom is 0.410 e. The molecule has 26 heavy (non-hydrogen) atoms. The van der Waals surface area contributed by atoms with Crippen LogP contribution in [0.15, 0.2) is 40.1 Å². The van der Waals surface area contributed by atoms with E-state index < -0.39 is 21.7 Å². The van der Waals surface area contributed by atoms with Gasteiger partial charge in [0.2, 0.25) is 0 Å². The summed E-state index contributed by atoms with van der Waals surface area (Å²) in [5, 5.41) is 0. The van der Waals surface area contributed by atoms with Crippen LogP contribution in [-0.4, -0.2) is 41.0 Å². The van der Waals surface area contributed by atoms with Crippen LogP contribution in [0.2, 0.25) is 0 Å². The van der Waals surface area contributed by atoms with Crippen LogP contribution in [-0.2, 0) is 21.3 Å². The summed E-state index contributed by atoms with van der Waals surface area (Å²) in [5.41, 5.74) is 0.781. The molecule has 0 bridgehead atoms. The first-order chi connectivity index (χ1) is 11.9. The van der Waals surface area contributed by atoms with Crippen molar-refractivity contribution in [2.24, 2.45) is 0 Å². The van der Waals surface area contributed by atoms with Crippen molar-refractivity contribution in [1.82, 2.24) is 13.9 Å². The molecule has 0 aliphatic carbocycles. The maximum atomic E-state index is 12.8. The smallest absolute Gasteiger partial charge is 0.410 e. The van der Waals surface area contributed by atoms with E-state index in [1.165, 1.54) is 23.4 Å². The highest BCUT2D eigenvalue weighted by atomic mass is 79.9. The van der Waals surface area contributed by atoms with E-state index in [-0.39, 0.29) is 11.4 Å². The molecule has 0 fully saturated rings. The van der Waals surface area contributed by atoms with Gasteiger partial charge in [0.25, 0.3) is 10.0 Å². The van der Waals surface area contributed by atoms with Crippen LogP contribution >= 0.6 is 15.9 Å². The number of pyridine rings is 1. The number of amides is 1. The first-order valence-electron chi connectivity index (χ1n) is 7.89. The van der Waals surface area contributed by atoms with Crippen molar-refractivity contribution in [1.29, 1.82) is 0 Å². The van der Waals surface area contributed by atoms with Gasteiger partial charge in [-0.1, -0.05) is 0 Å². The molecule has 0 unspecified atom stereocenters. The van der Waals surface area contributed by atoms with Crippen LogP contribution < -0.4 is 0 Å². The predicted molar refractivity (Wildman–Crippen MR) is 101 cm³/mol. The zero-order valence-electron chi connectivity index (χ0n) is 15.4. The Morgan fingerprint density at radius 1 is 1.35 bits per heavy atom. The average molecular weight is 444 g/mol. The topological polar surface area (TPSA) is 81.5 Å². The Morgan fingerprint density at radius 2 is 2.00 bits per heavy atom. The highest BCUT2D eigenvalue weighted by Gasteiger charge is 2.23. The van der Waals surface area contributed by atoms with E-state index in [0.717, 1.165) is 9.67 Å². The molecule has 9 heteroatoms. The summed E-state index contributed by atoms with van der Waals surface area (Å²) in [6.45, 7) is 7.35. The second-order valence-corrected chi connectivity index (χ2v) is 9.57. The Hall–Kier alpha value is -1.87. The van der Waals surface area contributed by atoms with E-state index in [1.807, 2.05) is 0 Å². The summed E-state index contributed by atoms with van der Waals surface area (Å²) in [6, 6.07) is 4.80. The van der Waals surface area contributed by atoms with Crippen LogP contribution in [0.4, 0.5) is 4.79 Å². The fraction of sp³-hybridized carbons (Fsp3) is 0.412. The monoisotopic (exact) mass is 443 g/mol. The van der Waals surface area contributed by atoms with Crippen molar-refractivity contribution >= 4 is 32.0 Å². The van der Waals surface area contributed by atoms with Gasteiger partial charge < -0.3 is 9.64 Å². The van der Waals surface area contributed by atoms with Crippen LogP contribution in [0, 0.1) is 6.92 Å². The summed E-state index contributed by atoms with van der Waals surface area (Å²) in [6.07, 6.45) is 2.32. The summed E-state index contributed by atoms with van der Waals surface area (Å²) in [4.78, 5) is 17.6. The minimum absolute atomic E-state index is 0.0893. The molecule has 142 valence electrons. The highest BCUT2D eigenvalue weighted by Crippen LogP contribution is 2.23. The second-order valence-electron chi connectivity index (χ2n) is 6.94. The molecule has 0 saturated heterocycles. The van der Waals surface area contributed by atoms with Crippen molar-refractivity contribution in [3.8, 4) is 0 Å². The fourth-order valence-corrected chi connectivity index (χ4v) is 4.31. The lowest BCUT2D eigenvalue weighted by molar-refractivity contribution is 0.0285. The minimum atomic E-state index is -3.78. The van der Waals surface area contributed by atoms with E-state index >= 15 is 0 Å². The Labute approximate surface area is 162 Å². The van der Waals surface area contributed by atoms with Gasteiger partial charge in [-0.25, -0.2) is 17.2 Å². The molecule has 0 saturated carbocycles. The summed E-state index contributed by atoms with van der Waals surface area (Å²) in [7, 11) is -2.18. The molecule has 7 nitrogen and oxygen atoms in total. The van der Waals surface area contributed by atoms with Crippen molar-refractivity contribution in [2.75, 3.05) is 7.05 Å². The summed E-state index contributed by atoms with van der Waals surface area (Å²) < 4.78 is 32.3. The number of hydrogen-bond donors (Lipinski definition) is 0. The summed E-state index contributed by atoms with van der Waals surface area (Å²) in [5.74, 6) is 0.